The molecule has 1 N–H and O–H groups in total. The van der Waals surface area contributed by atoms with Crippen molar-refractivity contribution in [2.24, 2.45) is 22.4 Å². The summed E-state index contributed by atoms with van der Waals surface area (Å²) in [5.41, 5.74) is 4.76. The smallest absolute Gasteiger partial charge is 0.336 e. The van der Waals surface area contributed by atoms with Gasteiger partial charge in [-0.1, -0.05) is 36.8 Å². The standard InChI is InChI=1S/C32H38F2N2O/c1-5-32(33,34)31(37)17-16-28-26-14-12-23-18-24(35-36(3)4)13-15-25(23)29(26)27(19-30(28,31)2)22-10-8-21(9-11-22)20-6-7-20/h1,8-11,18,20,26-28,37H,6-7,12-17,19H2,2-4H3/t26-,27-,28-,30-,31-/m0/s1. The van der Waals surface area contributed by atoms with Gasteiger partial charge in [0.1, 0.15) is 5.60 Å². The zero-order valence-electron chi connectivity index (χ0n) is 22.2. The summed E-state index contributed by atoms with van der Waals surface area (Å²) in [6, 6.07) is 8.92. The maximum absolute atomic E-state index is 15.3. The monoisotopic (exact) mass is 504 g/mol. The highest BCUT2D eigenvalue weighted by Gasteiger charge is 2.71. The lowest BCUT2D eigenvalue weighted by Gasteiger charge is -2.55. The molecule has 3 nitrogen and oxygen atoms in total. The molecule has 0 amide bonds. The number of alkyl halides is 2. The van der Waals surface area contributed by atoms with E-state index >= 15 is 8.78 Å². The van der Waals surface area contributed by atoms with E-state index in [1.54, 1.807) is 5.92 Å². The summed E-state index contributed by atoms with van der Waals surface area (Å²) in [5, 5.41) is 18.2. The van der Waals surface area contributed by atoms with Gasteiger partial charge in [0, 0.05) is 25.4 Å². The van der Waals surface area contributed by atoms with Gasteiger partial charge in [0.05, 0.1) is 5.71 Å². The van der Waals surface area contributed by atoms with Gasteiger partial charge < -0.3 is 10.1 Å². The summed E-state index contributed by atoms with van der Waals surface area (Å²) >= 11 is 0. The molecule has 0 radical (unpaired) electrons. The third kappa shape index (κ3) is 3.74. The van der Waals surface area contributed by atoms with Crippen LogP contribution in [0.25, 0.3) is 0 Å². The van der Waals surface area contributed by atoms with Crippen LogP contribution >= 0.6 is 0 Å². The van der Waals surface area contributed by atoms with Crippen molar-refractivity contribution in [2.75, 3.05) is 14.1 Å². The zero-order chi connectivity index (χ0) is 26.2. The summed E-state index contributed by atoms with van der Waals surface area (Å²) in [4.78, 5) is 0. The number of fused-ring (bicyclic) bond motifs is 4. The van der Waals surface area contributed by atoms with Gasteiger partial charge in [0.25, 0.3) is 0 Å². The predicted molar refractivity (Wildman–Crippen MR) is 144 cm³/mol. The third-order valence-corrected chi connectivity index (χ3v) is 10.3. The van der Waals surface area contributed by atoms with Crippen molar-refractivity contribution in [3.8, 4) is 12.3 Å². The van der Waals surface area contributed by atoms with E-state index in [1.807, 2.05) is 26.0 Å². The first-order valence-electron chi connectivity index (χ1n) is 13.9. The molecule has 37 heavy (non-hydrogen) atoms. The molecule has 5 aliphatic rings. The normalized spacial score (nSPS) is 36.4. The highest BCUT2D eigenvalue weighted by molar-refractivity contribution is 5.97. The lowest BCUT2D eigenvalue weighted by Crippen LogP contribution is -2.60. The van der Waals surface area contributed by atoms with Crippen molar-refractivity contribution in [2.45, 2.75) is 88.1 Å². The molecule has 196 valence electrons. The van der Waals surface area contributed by atoms with Crippen molar-refractivity contribution in [3.05, 3.63) is 58.2 Å². The topological polar surface area (TPSA) is 35.8 Å². The second-order valence-corrected chi connectivity index (χ2v) is 12.5. The highest BCUT2D eigenvalue weighted by Crippen LogP contribution is 2.69. The van der Waals surface area contributed by atoms with Crippen LogP contribution in [0, 0.1) is 29.6 Å². The van der Waals surface area contributed by atoms with Gasteiger partial charge >= 0.3 is 5.92 Å². The van der Waals surface area contributed by atoms with Gasteiger partial charge in [0.15, 0.2) is 0 Å². The predicted octanol–water partition coefficient (Wildman–Crippen LogP) is 6.81. The van der Waals surface area contributed by atoms with Crippen molar-refractivity contribution >= 4 is 5.71 Å². The second kappa shape index (κ2) is 8.53. The van der Waals surface area contributed by atoms with E-state index in [1.165, 1.54) is 40.7 Å². The minimum Gasteiger partial charge on any atom is -0.382 e. The van der Waals surface area contributed by atoms with E-state index in [0.29, 0.717) is 18.8 Å². The number of nitrogens with zero attached hydrogens (tertiary/aromatic N) is 2. The molecule has 3 fully saturated rings. The maximum Gasteiger partial charge on any atom is 0.336 e. The van der Waals surface area contributed by atoms with Crippen LogP contribution in [0.1, 0.15) is 87.7 Å². The Hall–Kier alpha value is -2.45. The number of halogens is 2. The molecule has 0 bridgehead atoms. The molecule has 1 aromatic carbocycles. The van der Waals surface area contributed by atoms with Crippen LogP contribution in [0.15, 0.2) is 52.2 Å². The first-order valence-corrected chi connectivity index (χ1v) is 13.9. The Labute approximate surface area is 219 Å². The lowest BCUT2D eigenvalue weighted by molar-refractivity contribution is -0.209. The Balaban J connectivity index is 1.48. The van der Waals surface area contributed by atoms with Crippen LogP contribution in [0.4, 0.5) is 8.78 Å². The molecule has 0 unspecified atom stereocenters. The first-order chi connectivity index (χ1) is 17.6. The number of allylic oxidation sites excluding steroid dienone is 4. The van der Waals surface area contributed by atoms with E-state index in [9.17, 15) is 5.11 Å². The van der Waals surface area contributed by atoms with Crippen molar-refractivity contribution in [1.82, 2.24) is 5.01 Å². The van der Waals surface area contributed by atoms with Crippen LogP contribution in [-0.4, -0.2) is 41.4 Å². The Bertz CT molecular complexity index is 1230. The molecule has 3 saturated carbocycles. The van der Waals surface area contributed by atoms with Crippen molar-refractivity contribution < 1.29 is 13.9 Å². The molecule has 1 aromatic rings. The quantitative estimate of drug-likeness (QED) is 0.361. The Morgan fingerprint density at radius 3 is 2.41 bits per heavy atom. The molecule has 0 saturated heterocycles. The molecule has 0 heterocycles. The highest BCUT2D eigenvalue weighted by atomic mass is 19.3. The fraction of sp³-hybridized carbons (Fsp3) is 0.594. The average Bonchev–Trinajstić information content (AvgIpc) is 3.68. The van der Waals surface area contributed by atoms with Gasteiger partial charge in [0.2, 0.25) is 0 Å². The number of benzene rings is 1. The van der Waals surface area contributed by atoms with Crippen molar-refractivity contribution in [1.29, 1.82) is 0 Å². The van der Waals surface area contributed by atoms with Crippen molar-refractivity contribution in [3.63, 3.8) is 0 Å². The van der Waals surface area contributed by atoms with Gasteiger partial charge in [-0.15, -0.1) is 6.42 Å². The largest absolute Gasteiger partial charge is 0.382 e. The number of hydrogen-bond acceptors (Lipinski definition) is 3. The summed E-state index contributed by atoms with van der Waals surface area (Å²) in [6.07, 6.45) is 14.9. The Morgan fingerprint density at radius 1 is 1.05 bits per heavy atom. The second-order valence-electron chi connectivity index (χ2n) is 12.5. The van der Waals surface area contributed by atoms with E-state index in [2.05, 4.69) is 35.4 Å². The summed E-state index contributed by atoms with van der Waals surface area (Å²) in [7, 11) is 3.90. The molecule has 5 aliphatic carbocycles. The molecular weight excluding hydrogens is 466 g/mol. The summed E-state index contributed by atoms with van der Waals surface area (Å²) in [6.45, 7) is 1.90. The van der Waals surface area contributed by atoms with Gasteiger partial charge in [-0.2, -0.15) is 13.9 Å². The van der Waals surface area contributed by atoms with Crippen LogP contribution in [0.3, 0.4) is 0 Å². The molecule has 0 aromatic heterocycles. The number of rotatable bonds is 4. The molecule has 5 heteroatoms. The number of aliphatic hydroxyl groups is 1. The van der Waals surface area contributed by atoms with Gasteiger partial charge in [-0.3, -0.25) is 0 Å². The maximum atomic E-state index is 15.3. The minimum absolute atomic E-state index is 0.000369. The molecule has 0 spiro atoms. The van der Waals surface area contributed by atoms with E-state index in [0.717, 1.165) is 31.4 Å². The minimum atomic E-state index is -3.55. The van der Waals surface area contributed by atoms with Crippen LogP contribution in [0.2, 0.25) is 0 Å². The molecule has 0 aliphatic heterocycles. The van der Waals surface area contributed by atoms with Crippen LogP contribution < -0.4 is 0 Å². The number of hydrogen-bond donors (Lipinski definition) is 1. The van der Waals surface area contributed by atoms with Crippen LogP contribution in [-0.2, 0) is 0 Å². The Morgan fingerprint density at radius 2 is 1.76 bits per heavy atom. The van der Waals surface area contributed by atoms with Crippen LogP contribution in [0.5, 0.6) is 0 Å². The SMILES string of the molecule is C#CC(F)(F)[C@]1(O)CC[C@H]2[C@@H]3CCC4=CC(=NN(C)C)CCC4=C3[C@H](c3ccc(C4CC4)cc3)C[C@@]21C. The third-order valence-electron chi connectivity index (χ3n) is 10.3. The van der Waals surface area contributed by atoms with E-state index in [4.69, 9.17) is 6.42 Å². The first kappa shape index (κ1) is 24.9. The fourth-order valence-corrected chi connectivity index (χ4v) is 8.36. The summed E-state index contributed by atoms with van der Waals surface area (Å²) in [5.74, 6) is -1.01. The Kier molecular flexibility index (Phi) is 5.73. The average molecular weight is 505 g/mol. The molecule has 6 rings (SSSR count). The summed E-state index contributed by atoms with van der Waals surface area (Å²) < 4.78 is 30.5. The number of hydrazone groups is 1. The molecular formula is C32H38F2N2O. The molecule has 5 atom stereocenters. The lowest BCUT2D eigenvalue weighted by atomic mass is 9.50. The zero-order valence-corrected chi connectivity index (χ0v) is 22.2. The van der Waals surface area contributed by atoms with Gasteiger partial charge in [-0.25, -0.2) is 0 Å². The van der Waals surface area contributed by atoms with E-state index in [-0.39, 0.29) is 24.2 Å². The van der Waals surface area contributed by atoms with E-state index < -0.39 is 16.9 Å². The fourth-order valence-electron chi connectivity index (χ4n) is 8.36. The van der Waals surface area contributed by atoms with Gasteiger partial charge in [-0.05, 0) is 110 Å². The number of terminal acetylenes is 1.